The second-order valence-corrected chi connectivity index (χ2v) is 7.66. The number of pyridine rings is 1. The van der Waals surface area contributed by atoms with Gasteiger partial charge in [0, 0.05) is 30.4 Å². The van der Waals surface area contributed by atoms with Gasteiger partial charge in [0.15, 0.2) is 0 Å². The van der Waals surface area contributed by atoms with Crippen LogP contribution in [0, 0.1) is 6.92 Å². The van der Waals surface area contributed by atoms with Crippen molar-refractivity contribution in [3.05, 3.63) is 59.5 Å². The molecular formula is C21H24N4O2. The van der Waals surface area contributed by atoms with E-state index in [1.165, 1.54) is 0 Å². The molecule has 3 rings (SSSR count). The van der Waals surface area contributed by atoms with E-state index in [0.29, 0.717) is 5.69 Å². The van der Waals surface area contributed by atoms with Gasteiger partial charge in [0.25, 0.3) is 0 Å². The average Bonchev–Trinajstić information content (AvgIpc) is 2.94. The molecule has 2 aromatic heterocycles. The Morgan fingerprint density at radius 1 is 1.15 bits per heavy atom. The highest BCUT2D eigenvalue weighted by Gasteiger charge is 2.27. The van der Waals surface area contributed by atoms with Crippen molar-refractivity contribution in [1.29, 1.82) is 0 Å². The number of aromatic carboxylic acids is 1. The summed E-state index contributed by atoms with van der Waals surface area (Å²) in [7, 11) is 1.86. The van der Waals surface area contributed by atoms with E-state index in [0.717, 1.165) is 28.2 Å². The van der Waals surface area contributed by atoms with Crippen molar-refractivity contribution >= 4 is 17.5 Å². The van der Waals surface area contributed by atoms with E-state index in [4.69, 9.17) is 5.10 Å². The predicted molar refractivity (Wildman–Crippen MR) is 107 cm³/mol. The Kier molecular flexibility index (Phi) is 4.74. The van der Waals surface area contributed by atoms with Crippen LogP contribution in [-0.2, 0) is 12.5 Å². The standard InChI is InChI=1S/C21H24N4O2/c1-13-6-7-16(15(12-13)20(26)27)23-19-17(14-8-10-22-11-9-14)18(21(2,3)4)24-25(19)5/h6-12,23H,1-5H3,(H,26,27). The van der Waals surface area contributed by atoms with E-state index in [9.17, 15) is 9.90 Å². The zero-order valence-corrected chi connectivity index (χ0v) is 16.2. The monoisotopic (exact) mass is 364 g/mol. The number of hydrogen-bond donors (Lipinski definition) is 2. The van der Waals surface area contributed by atoms with Crippen molar-refractivity contribution in [2.45, 2.75) is 33.1 Å². The summed E-state index contributed by atoms with van der Waals surface area (Å²) < 4.78 is 1.77. The minimum absolute atomic E-state index is 0.181. The maximum absolute atomic E-state index is 11.7. The fourth-order valence-electron chi connectivity index (χ4n) is 3.06. The van der Waals surface area contributed by atoms with E-state index >= 15 is 0 Å². The van der Waals surface area contributed by atoms with Gasteiger partial charge in [-0.05, 0) is 36.8 Å². The molecule has 2 heterocycles. The highest BCUT2D eigenvalue weighted by molar-refractivity contribution is 5.96. The smallest absolute Gasteiger partial charge is 0.337 e. The lowest BCUT2D eigenvalue weighted by Crippen LogP contribution is -2.13. The lowest BCUT2D eigenvalue weighted by molar-refractivity contribution is 0.0698. The summed E-state index contributed by atoms with van der Waals surface area (Å²) in [4.78, 5) is 15.8. The van der Waals surface area contributed by atoms with Crippen LogP contribution in [0.1, 0.15) is 42.4 Å². The SMILES string of the molecule is Cc1ccc(Nc2c(-c3ccncc3)c(C(C)(C)C)nn2C)c(C(=O)O)c1. The van der Waals surface area contributed by atoms with Gasteiger partial charge in [-0.25, -0.2) is 4.79 Å². The van der Waals surface area contributed by atoms with Crippen LogP contribution in [0.5, 0.6) is 0 Å². The number of carboxylic acids is 1. The number of carbonyl (C=O) groups is 1. The highest BCUT2D eigenvalue weighted by atomic mass is 16.4. The number of hydrogen-bond acceptors (Lipinski definition) is 4. The van der Waals surface area contributed by atoms with Crippen LogP contribution in [0.3, 0.4) is 0 Å². The van der Waals surface area contributed by atoms with Crippen LogP contribution in [0.25, 0.3) is 11.1 Å². The molecule has 140 valence electrons. The van der Waals surface area contributed by atoms with E-state index in [-0.39, 0.29) is 11.0 Å². The van der Waals surface area contributed by atoms with Gasteiger partial charge in [-0.3, -0.25) is 9.67 Å². The molecule has 0 aliphatic rings. The minimum Gasteiger partial charge on any atom is -0.478 e. The molecule has 2 N–H and O–H groups in total. The molecule has 0 saturated heterocycles. The van der Waals surface area contributed by atoms with Gasteiger partial charge in [-0.15, -0.1) is 0 Å². The Balaban J connectivity index is 2.20. The number of nitrogens with one attached hydrogen (secondary N) is 1. The zero-order valence-electron chi connectivity index (χ0n) is 16.2. The third-order valence-corrected chi connectivity index (χ3v) is 4.39. The van der Waals surface area contributed by atoms with E-state index in [2.05, 4.69) is 31.1 Å². The molecule has 0 fully saturated rings. The van der Waals surface area contributed by atoms with Crippen molar-refractivity contribution in [3.63, 3.8) is 0 Å². The van der Waals surface area contributed by atoms with Gasteiger partial charge in [-0.2, -0.15) is 5.10 Å². The maximum Gasteiger partial charge on any atom is 0.337 e. The Hall–Kier alpha value is -3.15. The van der Waals surface area contributed by atoms with Crippen LogP contribution in [0.15, 0.2) is 42.7 Å². The number of carboxylic acid groups (broad SMARTS) is 1. The summed E-state index contributed by atoms with van der Waals surface area (Å²) in [6.07, 6.45) is 3.49. The number of nitrogens with zero attached hydrogens (tertiary/aromatic N) is 3. The molecule has 0 bridgehead atoms. The van der Waals surface area contributed by atoms with Crippen molar-refractivity contribution in [3.8, 4) is 11.1 Å². The molecule has 0 aliphatic carbocycles. The molecule has 0 spiro atoms. The molecule has 0 unspecified atom stereocenters. The van der Waals surface area contributed by atoms with Gasteiger partial charge in [0.1, 0.15) is 5.82 Å². The van der Waals surface area contributed by atoms with Gasteiger partial charge < -0.3 is 10.4 Å². The Morgan fingerprint density at radius 3 is 2.41 bits per heavy atom. The maximum atomic E-state index is 11.7. The van der Waals surface area contributed by atoms with Crippen LogP contribution in [0.2, 0.25) is 0 Å². The molecule has 0 atom stereocenters. The molecule has 0 aliphatic heterocycles. The van der Waals surface area contributed by atoms with E-state index in [1.54, 1.807) is 29.2 Å². The van der Waals surface area contributed by atoms with Crippen molar-refractivity contribution < 1.29 is 9.90 Å². The molecule has 1 aromatic carbocycles. The summed E-state index contributed by atoms with van der Waals surface area (Å²) in [5.74, 6) is -0.220. The molecule has 0 saturated carbocycles. The van der Waals surface area contributed by atoms with Crippen LogP contribution in [0.4, 0.5) is 11.5 Å². The van der Waals surface area contributed by atoms with Crippen molar-refractivity contribution in [2.75, 3.05) is 5.32 Å². The number of rotatable bonds is 4. The summed E-state index contributed by atoms with van der Waals surface area (Å²) >= 11 is 0. The first-order chi connectivity index (χ1) is 12.7. The fraction of sp³-hybridized carbons (Fsp3) is 0.286. The summed E-state index contributed by atoms with van der Waals surface area (Å²) in [5.41, 5.74) is 4.34. The first-order valence-corrected chi connectivity index (χ1v) is 8.77. The normalized spacial score (nSPS) is 11.4. The topological polar surface area (TPSA) is 80.0 Å². The van der Waals surface area contributed by atoms with Gasteiger partial charge >= 0.3 is 5.97 Å². The summed E-state index contributed by atoms with van der Waals surface area (Å²) in [6, 6.07) is 9.22. The minimum atomic E-state index is -0.968. The van der Waals surface area contributed by atoms with E-state index in [1.807, 2.05) is 32.2 Å². The molecule has 0 amide bonds. The quantitative estimate of drug-likeness (QED) is 0.711. The average molecular weight is 364 g/mol. The largest absolute Gasteiger partial charge is 0.478 e. The summed E-state index contributed by atoms with van der Waals surface area (Å²) in [5, 5.41) is 17.6. The third-order valence-electron chi connectivity index (χ3n) is 4.39. The molecule has 27 heavy (non-hydrogen) atoms. The first-order valence-electron chi connectivity index (χ1n) is 8.77. The van der Waals surface area contributed by atoms with Crippen LogP contribution >= 0.6 is 0 Å². The molecule has 3 aromatic rings. The zero-order chi connectivity index (χ0) is 19.8. The van der Waals surface area contributed by atoms with Crippen LogP contribution in [-0.4, -0.2) is 25.8 Å². The predicted octanol–water partition coefficient (Wildman–Crippen LogP) is 4.53. The summed E-state index contributed by atoms with van der Waals surface area (Å²) in [6.45, 7) is 8.20. The lowest BCUT2D eigenvalue weighted by atomic mass is 9.87. The number of benzene rings is 1. The van der Waals surface area contributed by atoms with Gasteiger partial charge in [0.2, 0.25) is 0 Å². The third kappa shape index (κ3) is 3.69. The van der Waals surface area contributed by atoms with Crippen molar-refractivity contribution in [2.24, 2.45) is 7.05 Å². The van der Waals surface area contributed by atoms with E-state index < -0.39 is 5.97 Å². The Bertz CT molecular complexity index is 985. The van der Waals surface area contributed by atoms with Crippen molar-refractivity contribution in [1.82, 2.24) is 14.8 Å². The number of anilines is 2. The van der Waals surface area contributed by atoms with Gasteiger partial charge in [0.05, 0.1) is 16.9 Å². The fourth-order valence-corrected chi connectivity index (χ4v) is 3.06. The second kappa shape index (κ2) is 6.87. The molecule has 6 heteroatoms. The number of aryl methyl sites for hydroxylation is 2. The number of aromatic nitrogens is 3. The Labute approximate surface area is 158 Å². The highest BCUT2D eigenvalue weighted by Crippen LogP contribution is 2.39. The van der Waals surface area contributed by atoms with Gasteiger partial charge in [-0.1, -0.05) is 32.4 Å². The first kappa shape index (κ1) is 18.6. The molecular weight excluding hydrogens is 340 g/mol. The lowest BCUT2D eigenvalue weighted by Gasteiger charge is -2.18. The molecule has 0 radical (unpaired) electrons. The molecule has 6 nitrogen and oxygen atoms in total. The second-order valence-electron chi connectivity index (χ2n) is 7.66. The van der Waals surface area contributed by atoms with Crippen LogP contribution < -0.4 is 5.32 Å². The Morgan fingerprint density at radius 2 is 1.81 bits per heavy atom.